The predicted molar refractivity (Wildman–Crippen MR) is 132 cm³/mol. The third-order valence-corrected chi connectivity index (χ3v) is 5.54. The van der Waals surface area contributed by atoms with E-state index in [4.69, 9.17) is 4.98 Å². The fraction of sp³-hybridized carbons (Fsp3) is 0.0370. The molecule has 166 valence electrons. The number of nitrogens with one attached hydrogen (secondary N) is 1. The average Bonchev–Trinajstić information content (AvgIpc) is 3.29. The molecule has 1 amide bonds. The van der Waals surface area contributed by atoms with E-state index in [1.165, 1.54) is 18.2 Å². The van der Waals surface area contributed by atoms with Gasteiger partial charge >= 0.3 is 0 Å². The van der Waals surface area contributed by atoms with Crippen molar-refractivity contribution >= 4 is 22.9 Å². The Kier molecular flexibility index (Phi) is 5.35. The minimum Gasteiger partial charge on any atom is -0.319 e. The molecular formula is C27H20N4O3. The molecule has 2 heterocycles. The van der Waals surface area contributed by atoms with Crippen LogP contribution in [0.15, 0.2) is 97.3 Å². The number of hydrogen-bond donors (Lipinski definition) is 1. The van der Waals surface area contributed by atoms with Crippen molar-refractivity contribution in [3.8, 4) is 22.4 Å². The van der Waals surface area contributed by atoms with Crippen LogP contribution in [0, 0.1) is 17.0 Å². The average molecular weight is 448 g/mol. The maximum absolute atomic E-state index is 12.8. The molecule has 0 unspecified atom stereocenters. The first-order chi connectivity index (χ1) is 16.5. The number of aromatic nitrogens is 2. The summed E-state index contributed by atoms with van der Waals surface area (Å²) in [4.78, 5) is 28.1. The van der Waals surface area contributed by atoms with Gasteiger partial charge in [-0.05, 0) is 35.7 Å². The Morgan fingerprint density at radius 3 is 2.32 bits per heavy atom. The molecule has 0 radical (unpaired) electrons. The number of pyridine rings is 1. The van der Waals surface area contributed by atoms with Gasteiger partial charge in [0, 0.05) is 35.7 Å². The molecule has 5 aromatic rings. The van der Waals surface area contributed by atoms with Crippen LogP contribution in [0.25, 0.3) is 28.0 Å². The van der Waals surface area contributed by atoms with E-state index < -0.39 is 10.8 Å². The molecule has 0 fully saturated rings. The number of nitro benzene ring substituents is 1. The normalized spacial score (nSPS) is 10.9. The molecular weight excluding hydrogens is 428 g/mol. The van der Waals surface area contributed by atoms with Gasteiger partial charge in [-0.1, -0.05) is 60.7 Å². The molecule has 0 spiro atoms. The summed E-state index contributed by atoms with van der Waals surface area (Å²) in [7, 11) is 0. The maximum atomic E-state index is 12.8. The lowest BCUT2D eigenvalue weighted by molar-refractivity contribution is -0.384. The van der Waals surface area contributed by atoms with Crippen LogP contribution in [-0.2, 0) is 0 Å². The number of benzene rings is 3. The highest BCUT2D eigenvalue weighted by molar-refractivity contribution is 6.06. The number of imidazole rings is 1. The Morgan fingerprint density at radius 2 is 1.59 bits per heavy atom. The Labute approximate surface area is 195 Å². The zero-order valence-corrected chi connectivity index (χ0v) is 18.3. The molecule has 0 bridgehead atoms. The van der Waals surface area contributed by atoms with Gasteiger partial charge in [0.05, 0.1) is 16.3 Å². The molecule has 1 N–H and O–H groups in total. The molecule has 2 aromatic heterocycles. The molecule has 5 rings (SSSR count). The van der Waals surface area contributed by atoms with Gasteiger partial charge in [0.25, 0.3) is 11.6 Å². The van der Waals surface area contributed by atoms with Gasteiger partial charge in [0.15, 0.2) is 5.65 Å². The number of non-ortho nitro benzene ring substituents is 1. The number of nitro groups is 1. The minimum atomic E-state index is -0.522. The first kappa shape index (κ1) is 21.1. The standard InChI is InChI=1S/C27H20N4O3/c1-18-14-24(29-27(32)22-8-5-9-23(15-22)31(33)34)26-28-25(17-30(26)16-18)21-12-10-20(11-13-21)19-6-3-2-4-7-19/h2-17H,1H3,(H,29,32). The Balaban J connectivity index is 1.47. The smallest absolute Gasteiger partial charge is 0.270 e. The van der Waals surface area contributed by atoms with Gasteiger partial charge < -0.3 is 9.72 Å². The van der Waals surface area contributed by atoms with Crippen molar-refractivity contribution in [3.05, 3.63) is 119 Å². The van der Waals surface area contributed by atoms with E-state index >= 15 is 0 Å². The molecule has 34 heavy (non-hydrogen) atoms. The number of fused-ring (bicyclic) bond motifs is 1. The number of nitrogens with zero attached hydrogens (tertiary/aromatic N) is 3. The summed E-state index contributed by atoms with van der Waals surface area (Å²) in [5.41, 5.74) is 6.12. The second kappa shape index (κ2) is 8.63. The zero-order chi connectivity index (χ0) is 23.7. The van der Waals surface area contributed by atoms with Gasteiger partial charge in [-0.15, -0.1) is 0 Å². The summed E-state index contributed by atoms with van der Waals surface area (Å²) in [6.45, 7) is 1.93. The van der Waals surface area contributed by atoms with Gasteiger partial charge in [-0.2, -0.15) is 0 Å². The SMILES string of the molecule is Cc1cc(NC(=O)c2cccc([N+](=O)[O-])c2)c2nc(-c3ccc(-c4ccccc4)cc3)cn2c1. The molecule has 0 saturated heterocycles. The molecule has 0 atom stereocenters. The van der Waals surface area contributed by atoms with Gasteiger partial charge in [-0.3, -0.25) is 14.9 Å². The molecule has 7 heteroatoms. The van der Waals surface area contributed by atoms with E-state index in [2.05, 4.69) is 29.6 Å². The van der Waals surface area contributed by atoms with Gasteiger partial charge in [0.1, 0.15) is 0 Å². The third-order valence-electron chi connectivity index (χ3n) is 5.54. The van der Waals surface area contributed by atoms with Crippen LogP contribution in [0.1, 0.15) is 15.9 Å². The molecule has 0 aliphatic heterocycles. The van der Waals surface area contributed by atoms with Crippen molar-refractivity contribution in [1.82, 2.24) is 9.38 Å². The first-order valence-electron chi connectivity index (χ1n) is 10.7. The highest BCUT2D eigenvalue weighted by Gasteiger charge is 2.15. The van der Waals surface area contributed by atoms with E-state index in [0.29, 0.717) is 11.3 Å². The van der Waals surface area contributed by atoms with Crippen LogP contribution in [0.4, 0.5) is 11.4 Å². The lowest BCUT2D eigenvalue weighted by Gasteiger charge is -2.08. The number of hydrogen-bond acceptors (Lipinski definition) is 4. The van der Waals surface area contributed by atoms with Gasteiger partial charge in [-0.25, -0.2) is 4.98 Å². The molecule has 0 saturated carbocycles. The molecule has 7 nitrogen and oxygen atoms in total. The van der Waals surface area contributed by atoms with E-state index in [1.54, 1.807) is 6.07 Å². The topological polar surface area (TPSA) is 89.5 Å². The van der Waals surface area contributed by atoms with Crippen LogP contribution in [-0.4, -0.2) is 20.2 Å². The number of amides is 1. The number of anilines is 1. The number of rotatable bonds is 5. The van der Waals surface area contributed by atoms with Crippen LogP contribution < -0.4 is 5.32 Å². The zero-order valence-electron chi connectivity index (χ0n) is 18.3. The first-order valence-corrected chi connectivity index (χ1v) is 10.7. The Bertz CT molecular complexity index is 1520. The molecule has 0 aliphatic rings. The van der Waals surface area contributed by atoms with E-state index in [1.807, 2.05) is 60.1 Å². The van der Waals surface area contributed by atoms with Gasteiger partial charge in [0.2, 0.25) is 0 Å². The summed E-state index contributed by atoms with van der Waals surface area (Å²) in [5, 5.41) is 13.9. The third kappa shape index (κ3) is 4.14. The number of aryl methyl sites for hydroxylation is 1. The van der Waals surface area contributed by atoms with E-state index in [-0.39, 0.29) is 11.3 Å². The molecule has 3 aromatic carbocycles. The number of carbonyl (C=O) groups excluding carboxylic acids is 1. The summed E-state index contributed by atoms with van der Waals surface area (Å²) < 4.78 is 1.87. The Hall–Kier alpha value is -4.78. The van der Waals surface area contributed by atoms with E-state index in [0.717, 1.165) is 27.9 Å². The predicted octanol–water partition coefficient (Wildman–Crippen LogP) is 6.14. The van der Waals surface area contributed by atoms with Crippen LogP contribution in [0.2, 0.25) is 0 Å². The summed E-state index contributed by atoms with van der Waals surface area (Å²) in [6.07, 6.45) is 3.86. The minimum absolute atomic E-state index is 0.135. The Morgan fingerprint density at radius 1 is 0.882 bits per heavy atom. The summed E-state index contributed by atoms with van der Waals surface area (Å²) in [6, 6.07) is 25.8. The highest BCUT2D eigenvalue weighted by Crippen LogP contribution is 2.27. The van der Waals surface area contributed by atoms with Crippen LogP contribution in [0.5, 0.6) is 0 Å². The second-order valence-corrected chi connectivity index (χ2v) is 7.99. The lowest BCUT2D eigenvalue weighted by atomic mass is 10.0. The summed E-state index contributed by atoms with van der Waals surface area (Å²) >= 11 is 0. The van der Waals surface area contributed by atoms with Crippen molar-refractivity contribution in [2.24, 2.45) is 0 Å². The van der Waals surface area contributed by atoms with Crippen molar-refractivity contribution < 1.29 is 9.72 Å². The van der Waals surface area contributed by atoms with Crippen molar-refractivity contribution in [2.45, 2.75) is 6.92 Å². The van der Waals surface area contributed by atoms with Crippen LogP contribution >= 0.6 is 0 Å². The van der Waals surface area contributed by atoms with E-state index in [9.17, 15) is 14.9 Å². The quantitative estimate of drug-likeness (QED) is 0.258. The van der Waals surface area contributed by atoms with Crippen molar-refractivity contribution in [1.29, 1.82) is 0 Å². The number of carbonyl (C=O) groups is 1. The second-order valence-electron chi connectivity index (χ2n) is 7.99. The fourth-order valence-electron chi connectivity index (χ4n) is 3.89. The maximum Gasteiger partial charge on any atom is 0.270 e. The van der Waals surface area contributed by atoms with Crippen molar-refractivity contribution in [2.75, 3.05) is 5.32 Å². The largest absolute Gasteiger partial charge is 0.319 e. The van der Waals surface area contributed by atoms with Crippen molar-refractivity contribution in [3.63, 3.8) is 0 Å². The molecule has 0 aliphatic carbocycles. The highest BCUT2D eigenvalue weighted by atomic mass is 16.6. The van der Waals surface area contributed by atoms with Crippen LogP contribution in [0.3, 0.4) is 0 Å². The lowest BCUT2D eigenvalue weighted by Crippen LogP contribution is -2.13. The summed E-state index contributed by atoms with van der Waals surface area (Å²) in [5.74, 6) is -0.437. The fourth-order valence-corrected chi connectivity index (χ4v) is 3.89. The monoisotopic (exact) mass is 448 g/mol.